The van der Waals surface area contributed by atoms with Crippen molar-refractivity contribution < 1.29 is 29.3 Å². The summed E-state index contributed by atoms with van der Waals surface area (Å²) in [7, 11) is 1.51. The Balaban J connectivity index is 3.04. The zero-order valence-corrected chi connectivity index (χ0v) is 14.2. The van der Waals surface area contributed by atoms with Crippen molar-refractivity contribution in [2.24, 2.45) is 5.10 Å². The van der Waals surface area contributed by atoms with E-state index in [1.807, 2.05) is 6.92 Å². The first-order valence-electron chi connectivity index (χ1n) is 6.60. The van der Waals surface area contributed by atoms with Crippen LogP contribution < -0.4 is 9.47 Å². The number of halogens is 1. The van der Waals surface area contributed by atoms with Gasteiger partial charge in [0.2, 0.25) is 0 Å². The van der Waals surface area contributed by atoms with E-state index < -0.39 is 25.0 Å². The summed E-state index contributed by atoms with van der Waals surface area (Å²) in [6, 6.07) is 3.36. The Hall–Kier alpha value is -2.29. The van der Waals surface area contributed by atoms with E-state index in [2.05, 4.69) is 21.0 Å². The maximum Gasteiger partial charge on any atom is 0.324 e. The molecule has 0 aromatic heterocycles. The Morgan fingerprint density at radius 3 is 2.39 bits per heavy atom. The topological polar surface area (TPSA) is 109 Å². The van der Waals surface area contributed by atoms with Gasteiger partial charge in [0.25, 0.3) is 0 Å². The normalized spacial score (nSPS) is 10.6. The standard InChI is InChI=1S/C14H17BrN2O6/c1-3-23-11-5-9(4-10(15)14(11)22-2)6-16-17(7-12(18)19)8-13(20)21/h4-6H,3,7-8H2,1-2H3,(H,18,19)(H,20,21)/b16-6-. The van der Waals surface area contributed by atoms with Crippen LogP contribution >= 0.6 is 15.9 Å². The number of carbonyl (C=O) groups is 2. The number of hydrazone groups is 1. The third kappa shape index (κ3) is 6.15. The van der Waals surface area contributed by atoms with Crippen LogP contribution in [0.1, 0.15) is 12.5 Å². The number of carboxylic acid groups (broad SMARTS) is 2. The second-order valence-electron chi connectivity index (χ2n) is 4.32. The lowest BCUT2D eigenvalue weighted by Gasteiger charge is -2.14. The molecule has 0 amide bonds. The number of hydrogen-bond acceptors (Lipinski definition) is 6. The van der Waals surface area contributed by atoms with E-state index >= 15 is 0 Å². The summed E-state index contributed by atoms with van der Waals surface area (Å²) in [6.07, 6.45) is 1.36. The Morgan fingerprint density at radius 2 is 1.91 bits per heavy atom. The summed E-state index contributed by atoms with van der Waals surface area (Å²) in [5.41, 5.74) is 0.599. The highest BCUT2D eigenvalue weighted by Crippen LogP contribution is 2.36. The molecule has 23 heavy (non-hydrogen) atoms. The number of methoxy groups -OCH3 is 1. The first-order chi connectivity index (χ1) is 10.9. The van der Waals surface area contributed by atoms with E-state index in [1.54, 1.807) is 12.1 Å². The van der Waals surface area contributed by atoms with Crippen LogP contribution in [0.15, 0.2) is 21.7 Å². The lowest BCUT2D eigenvalue weighted by molar-refractivity contribution is -0.141. The molecule has 0 aliphatic rings. The highest BCUT2D eigenvalue weighted by atomic mass is 79.9. The van der Waals surface area contributed by atoms with Gasteiger partial charge in [-0.25, -0.2) is 0 Å². The minimum absolute atomic E-state index is 0.438. The molecule has 8 nitrogen and oxygen atoms in total. The SMILES string of the molecule is CCOc1cc(/C=N\N(CC(=O)O)CC(=O)O)cc(Br)c1OC. The van der Waals surface area contributed by atoms with E-state index in [-0.39, 0.29) is 0 Å². The van der Waals surface area contributed by atoms with Crippen LogP contribution in [0.3, 0.4) is 0 Å². The van der Waals surface area contributed by atoms with Crippen LogP contribution in [0.25, 0.3) is 0 Å². The fraction of sp³-hybridized carbons (Fsp3) is 0.357. The predicted molar refractivity (Wildman–Crippen MR) is 86.3 cm³/mol. The van der Waals surface area contributed by atoms with Gasteiger partial charge in [0.15, 0.2) is 11.5 Å². The maximum atomic E-state index is 10.7. The number of hydrogen-bond donors (Lipinski definition) is 2. The van der Waals surface area contributed by atoms with Crippen LogP contribution in [-0.2, 0) is 9.59 Å². The Labute approximate surface area is 141 Å². The molecule has 0 fully saturated rings. The highest BCUT2D eigenvalue weighted by molar-refractivity contribution is 9.10. The smallest absolute Gasteiger partial charge is 0.324 e. The molecule has 0 bridgehead atoms. The summed E-state index contributed by atoms with van der Waals surface area (Å²) >= 11 is 3.35. The number of carboxylic acids is 2. The van der Waals surface area contributed by atoms with Crippen LogP contribution in [-0.4, -0.2) is 60.2 Å². The summed E-state index contributed by atoms with van der Waals surface area (Å²) < 4.78 is 11.3. The van der Waals surface area contributed by atoms with Crippen molar-refractivity contribution in [1.82, 2.24) is 5.01 Å². The predicted octanol–water partition coefficient (Wildman–Crippen LogP) is 1.66. The Kier molecular flexibility index (Phi) is 7.33. The molecule has 0 aliphatic heterocycles. The molecule has 126 valence electrons. The minimum Gasteiger partial charge on any atom is -0.492 e. The van der Waals surface area contributed by atoms with E-state index in [0.29, 0.717) is 28.1 Å². The molecule has 0 atom stereocenters. The van der Waals surface area contributed by atoms with E-state index in [0.717, 1.165) is 5.01 Å². The molecular formula is C14H17BrN2O6. The van der Waals surface area contributed by atoms with E-state index in [4.69, 9.17) is 19.7 Å². The van der Waals surface area contributed by atoms with Gasteiger partial charge in [-0.1, -0.05) is 0 Å². The zero-order valence-electron chi connectivity index (χ0n) is 12.7. The lowest BCUT2D eigenvalue weighted by Crippen LogP contribution is -2.30. The maximum absolute atomic E-state index is 10.7. The number of nitrogens with zero attached hydrogens (tertiary/aromatic N) is 2. The molecule has 2 N–H and O–H groups in total. The van der Waals surface area contributed by atoms with Crippen molar-refractivity contribution in [2.75, 3.05) is 26.8 Å². The van der Waals surface area contributed by atoms with Crippen molar-refractivity contribution in [3.8, 4) is 11.5 Å². The molecule has 1 aromatic carbocycles. The summed E-state index contributed by atoms with van der Waals surface area (Å²) in [6.45, 7) is 1.24. The number of aliphatic carboxylic acids is 2. The monoisotopic (exact) mass is 388 g/mol. The molecule has 9 heteroatoms. The molecule has 0 unspecified atom stereocenters. The minimum atomic E-state index is -1.17. The molecule has 1 rings (SSSR count). The third-order valence-corrected chi connectivity index (χ3v) is 3.13. The lowest BCUT2D eigenvalue weighted by atomic mass is 10.2. The van der Waals surface area contributed by atoms with Crippen molar-refractivity contribution in [3.05, 3.63) is 22.2 Å². The second kappa shape index (κ2) is 8.99. The van der Waals surface area contributed by atoms with E-state index in [9.17, 15) is 9.59 Å². The first kappa shape index (κ1) is 18.8. The van der Waals surface area contributed by atoms with Gasteiger partial charge in [0.05, 0.1) is 24.4 Å². The highest BCUT2D eigenvalue weighted by Gasteiger charge is 2.12. The van der Waals surface area contributed by atoms with Crippen molar-refractivity contribution in [1.29, 1.82) is 0 Å². The largest absolute Gasteiger partial charge is 0.492 e. The van der Waals surface area contributed by atoms with Crippen LogP contribution in [0, 0.1) is 0 Å². The van der Waals surface area contributed by atoms with Crippen molar-refractivity contribution in [2.45, 2.75) is 6.92 Å². The van der Waals surface area contributed by atoms with Gasteiger partial charge in [-0.2, -0.15) is 5.10 Å². The number of ether oxygens (including phenoxy) is 2. The Bertz CT molecular complexity index is 589. The molecule has 0 saturated heterocycles. The summed E-state index contributed by atoms with van der Waals surface area (Å²) in [5, 5.41) is 22.4. The third-order valence-electron chi connectivity index (χ3n) is 2.54. The number of benzene rings is 1. The summed E-state index contributed by atoms with van der Waals surface area (Å²) in [5.74, 6) is -1.32. The number of rotatable bonds is 9. The molecule has 0 spiro atoms. The van der Waals surface area contributed by atoms with Crippen LogP contribution in [0.2, 0.25) is 0 Å². The van der Waals surface area contributed by atoms with Gasteiger partial charge in [0, 0.05) is 0 Å². The summed E-state index contributed by atoms with van der Waals surface area (Å²) in [4.78, 5) is 21.5. The Morgan fingerprint density at radius 1 is 1.30 bits per heavy atom. The van der Waals surface area contributed by atoms with Crippen molar-refractivity contribution in [3.63, 3.8) is 0 Å². The van der Waals surface area contributed by atoms with E-state index in [1.165, 1.54) is 13.3 Å². The van der Waals surface area contributed by atoms with Gasteiger partial charge in [-0.15, -0.1) is 0 Å². The van der Waals surface area contributed by atoms with Gasteiger partial charge in [-0.3, -0.25) is 14.6 Å². The zero-order chi connectivity index (χ0) is 17.4. The molecule has 0 heterocycles. The van der Waals surface area contributed by atoms with Crippen molar-refractivity contribution >= 4 is 34.1 Å². The molecular weight excluding hydrogens is 372 g/mol. The van der Waals surface area contributed by atoms with Gasteiger partial charge >= 0.3 is 11.9 Å². The van der Waals surface area contributed by atoms with Crippen LogP contribution in [0.4, 0.5) is 0 Å². The fourth-order valence-electron chi connectivity index (χ4n) is 1.72. The quantitative estimate of drug-likeness (QED) is 0.488. The molecule has 0 saturated carbocycles. The second-order valence-corrected chi connectivity index (χ2v) is 5.18. The first-order valence-corrected chi connectivity index (χ1v) is 7.39. The molecule has 1 aromatic rings. The van der Waals surface area contributed by atoms with Gasteiger partial charge < -0.3 is 19.7 Å². The average Bonchev–Trinajstić information content (AvgIpc) is 2.44. The molecule has 0 aliphatic carbocycles. The van der Waals surface area contributed by atoms with Gasteiger partial charge in [0.1, 0.15) is 13.1 Å². The molecule has 0 radical (unpaired) electrons. The van der Waals surface area contributed by atoms with Crippen LogP contribution in [0.5, 0.6) is 11.5 Å². The average molecular weight is 389 g/mol. The fourth-order valence-corrected chi connectivity index (χ4v) is 2.34. The van der Waals surface area contributed by atoms with Gasteiger partial charge in [-0.05, 0) is 40.5 Å².